The van der Waals surface area contributed by atoms with Crippen molar-refractivity contribution >= 4 is 29.0 Å². The summed E-state index contributed by atoms with van der Waals surface area (Å²) in [5, 5.41) is 0.663. The van der Waals surface area contributed by atoms with E-state index >= 15 is 0 Å². The van der Waals surface area contributed by atoms with Gasteiger partial charge in [0.25, 0.3) is 0 Å². The molecule has 122 valence electrons. The summed E-state index contributed by atoms with van der Waals surface area (Å²) in [6.45, 7) is 4.44. The molecule has 0 radical (unpaired) electrons. The zero-order valence-corrected chi connectivity index (χ0v) is 14.5. The highest BCUT2D eigenvalue weighted by atomic mass is 35.5. The number of halogens is 2. The van der Waals surface area contributed by atoms with Gasteiger partial charge in [-0.25, -0.2) is 9.18 Å². The van der Waals surface area contributed by atoms with Crippen LogP contribution in [0.5, 0.6) is 0 Å². The lowest BCUT2D eigenvalue weighted by molar-refractivity contribution is 0.213. The summed E-state index contributed by atoms with van der Waals surface area (Å²) < 4.78 is 15.1. The minimum absolute atomic E-state index is 0.128. The van der Waals surface area contributed by atoms with Crippen LogP contribution in [0.1, 0.15) is 16.9 Å². The van der Waals surface area contributed by atoms with Gasteiger partial charge in [0.2, 0.25) is 0 Å². The second-order valence-electron chi connectivity index (χ2n) is 5.65. The Hall–Kier alpha value is -1.66. The van der Waals surface area contributed by atoms with Crippen LogP contribution in [-0.2, 0) is 0 Å². The number of carbonyl (C=O) groups is 1. The van der Waals surface area contributed by atoms with Crippen LogP contribution in [0.3, 0.4) is 0 Å². The lowest BCUT2D eigenvalue weighted by Crippen LogP contribution is -2.28. The minimum atomic E-state index is -0.942. The molecule has 1 aliphatic heterocycles. The van der Waals surface area contributed by atoms with Crippen LogP contribution in [0.25, 0.3) is 5.69 Å². The van der Waals surface area contributed by atoms with Crippen molar-refractivity contribution in [1.29, 1.82) is 0 Å². The zero-order valence-electron chi connectivity index (χ0n) is 12.9. The molecule has 2 heterocycles. The van der Waals surface area contributed by atoms with E-state index in [1.807, 2.05) is 42.8 Å². The van der Waals surface area contributed by atoms with Gasteiger partial charge in [0.05, 0.1) is 6.54 Å². The Morgan fingerprint density at radius 3 is 2.87 bits per heavy atom. The predicted molar refractivity (Wildman–Crippen MR) is 90.2 cm³/mol. The maximum absolute atomic E-state index is 13.3. The van der Waals surface area contributed by atoms with E-state index in [0.29, 0.717) is 22.8 Å². The van der Waals surface area contributed by atoms with Crippen molar-refractivity contribution in [3.63, 3.8) is 0 Å². The molecule has 0 bridgehead atoms. The van der Waals surface area contributed by atoms with Crippen molar-refractivity contribution in [2.24, 2.45) is 4.99 Å². The van der Waals surface area contributed by atoms with Crippen LogP contribution in [0.2, 0.25) is 5.02 Å². The molecule has 23 heavy (non-hydrogen) atoms. The largest absolute Gasteiger partial charge is 0.346 e. The van der Waals surface area contributed by atoms with E-state index in [4.69, 9.17) is 11.6 Å². The fourth-order valence-electron chi connectivity index (χ4n) is 2.49. The van der Waals surface area contributed by atoms with Crippen molar-refractivity contribution in [2.45, 2.75) is 26.4 Å². The number of alkyl halides is 1. The lowest BCUT2D eigenvalue weighted by Gasteiger charge is -2.11. The summed E-state index contributed by atoms with van der Waals surface area (Å²) in [5.41, 5.74) is 1.84. The average molecular weight is 354 g/mol. The number of hydrogen-bond acceptors (Lipinski definition) is 2. The van der Waals surface area contributed by atoms with Crippen molar-refractivity contribution in [3.05, 3.63) is 44.7 Å². The maximum Gasteiger partial charge on any atom is 0.346 e. The van der Waals surface area contributed by atoms with Crippen molar-refractivity contribution < 1.29 is 9.18 Å². The third kappa shape index (κ3) is 3.48. The smallest absolute Gasteiger partial charge is 0.320 e. The molecule has 0 spiro atoms. The highest BCUT2D eigenvalue weighted by Gasteiger charge is 2.25. The summed E-state index contributed by atoms with van der Waals surface area (Å²) in [6.07, 6.45) is 1.36. The standard InChI is InChI=1S/C16H17ClFN3OS/c1-10-3-4-13(7-14(10)17)21-8-11(2)23-16(21)19-15(22)20-6-5-12(18)9-20/h3-4,7-8,12H,5-6,9H2,1-2H3/b19-16-/t12-/m1/s1. The van der Waals surface area contributed by atoms with Gasteiger partial charge < -0.3 is 4.90 Å². The molecule has 2 aromatic rings. The van der Waals surface area contributed by atoms with Crippen LogP contribution < -0.4 is 4.80 Å². The molecule has 1 saturated heterocycles. The normalized spacial score (nSPS) is 18.7. The average Bonchev–Trinajstić information content (AvgIpc) is 3.08. The first-order valence-corrected chi connectivity index (χ1v) is 8.57. The monoisotopic (exact) mass is 353 g/mol. The van der Waals surface area contributed by atoms with Gasteiger partial charge in [-0.05, 0) is 38.0 Å². The molecule has 7 heteroatoms. The zero-order chi connectivity index (χ0) is 16.6. The number of carbonyl (C=O) groups excluding carboxylic acids is 1. The molecular formula is C16H17ClFN3OS. The number of urea groups is 1. The summed E-state index contributed by atoms with van der Waals surface area (Å²) in [7, 11) is 0. The molecule has 1 aromatic carbocycles. The highest BCUT2D eigenvalue weighted by Crippen LogP contribution is 2.20. The van der Waals surface area contributed by atoms with Crippen LogP contribution in [0.4, 0.5) is 9.18 Å². The number of benzene rings is 1. The Balaban J connectivity index is 1.98. The Bertz CT molecular complexity index is 814. The van der Waals surface area contributed by atoms with Gasteiger partial charge in [-0.3, -0.25) is 4.57 Å². The summed E-state index contributed by atoms with van der Waals surface area (Å²) in [4.78, 5) is 19.5. The van der Waals surface area contributed by atoms with Crippen LogP contribution in [0, 0.1) is 13.8 Å². The summed E-state index contributed by atoms with van der Waals surface area (Å²) in [6, 6.07) is 5.32. The molecule has 0 saturated carbocycles. The molecular weight excluding hydrogens is 337 g/mol. The van der Waals surface area contributed by atoms with Crippen LogP contribution >= 0.6 is 22.9 Å². The molecule has 3 rings (SSSR count). The van der Waals surface area contributed by atoms with E-state index < -0.39 is 6.17 Å². The van der Waals surface area contributed by atoms with Crippen LogP contribution in [0.15, 0.2) is 29.4 Å². The molecule has 1 atom stereocenters. The number of thiazole rings is 1. The second kappa shape index (κ2) is 6.45. The Morgan fingerprint density at radius 1 is 1.43 bits per heavy atom. The van der Waals surface area contributed by atoms with Gasteiger partial charge in [0, 0.05) is 28.3 Å². The van der Waals surface area contributed by atoms with E-state index in [-0.39, 0.29) is 12.6 Å². The second-order valence-corrected chi connectivity index (χ2v) is 7.27. The molecule has 0 aliphatic carbocycles. The number of aromatic nitrogens is 1. The molecule has 2 amide bonds. The molecule has 1 aromatic heterocycles. The fourth-order valence-corrected chi connectivity index (χ4v) is 3.49. The summed E-state index contributed by atoms with van der Waals surface area (Å²) >= 11 is 7.61. The highest BCUT2D eigenvalue weighted by molar-refractivity contribution is 7.09. The van der Waals surface area contributed by atoms with Gasteiger partial charge in [-0.15, -0.1) is 11.3 Å². The lowest BCUT2D eigenvalue weighted by atomic mass is 10.2. The van der Waals surface area contributed by atoms with Gasteiger partial charge in [-0.1, -0.05) is 17.7 Å². The molecule has 4 nitrogen and oxygen atoms in total. The number of rotatable bonds is 1. The van der Waals surface area contributed by atoms with Gasteiger partial charge in [0.1, 0.15) is 6.17 Å². The molecule has 0 N–H and O–H groups in total. The molecule has 1 fully saturated rings. The number of amides is 2. The van der Waals surface area contributed by atoms with Crippen molar-refractivity contribution in [1.82, 2.24) is 9.47 Å². The first-order valence-electron chi connectivity index (χ1n) is 7.37. The topological polar surface area (TPSA) is 37.6 Å². The number of hydrogen-bond donors (Lipinski definition) is 0. The predicted octanol–water partition coefficient (Wildman–Crippen LogP) is 3.87. The SMILES string of the molecule is Cc1cn(-c2ccc(C)c(Cl)c2)/c(=N/C(=O)N2CC[C@@H](F)C2)s1. The maximum atomic E-state index is 13.3. The fraction of sp³-hybridized carbons (Fsp3) is 0.375. The van der Waals surface area contributed by atoms with E-state index in [1.54, 1.807) is 0 Å². The van der Waals surface area contributed by atoms with Crippen LogP contribution in [-0.4, -0.2) is 34.8 Å². The minimum Gasteiger partial charge on any atom is -0.320 e. The number of likely N-dealkylation sites (tertiary alicyclic amines) is 1. The third-order valence-electron chi connectivity index (χ3n) is 3.80. The molecule has 0 unspecified atom stereocenters. The van der Waals surface area contributed by atoms with Gasteiger partial charge in [0.15, 0.2) is 4.80 Å². The Labute approximate surface area is 142 Å². The first-order chi connectivity index (χ1) is 10.9. The third-order valence-corrected chi connectivity index (χ3v) is 5.10. The van der Waals surface area contributed by atoms with Crippen molar-refractivity contribution in [3.8, 4) is 5.69 Å². The van der Waals surface area contributed by atoms with E-state index in [1.165, 1.54) is 16.2 Å². The van der Waals surface area contributed by atoms with E-state index in [2.05, 4.69) is 4.99 Å². The number of aryl methyl sites for hydroxylation is 2. The quantitative estimate of drug-likeness (QED) is 0.766. The van der Waals surface area contributed by atoms with E-state index in [0.717, 1.165) is 16.1 Å². The van der Waals surface area contributed by atoms with Crippen molar-refractivity contribution in [2.75, 3.05) is 13.1 Å². The molecule has 1 aliphatic rings. The number of nitrogens with zero attached hydrogens (tertiary/aromatic N) is 3. The Kier molecular flexibility index (Phi) is 4.55. The summed E-state index contributed by atoms with van der Waals surface area (Å²) in [5.74, 6) is 0. The first kappa shape index (κ1) is 16.2. The Morgan fingerprint density at radius 2 is 2.22 bits per heavy atom. The van der Waals surface area contributed by atoms with Gasteiger partial charge >= 0.3 is 6.03 Å². The van der Waals surface area contributed by atoms with E-state index in [9.17, 15) is 9.18 Å². The van der Waals surface area contributed by atoms with Gasteiger partial charge in [-0.2, -0.15) is 4.99 Å².